The van der Waals surface area contributed by atoms with Crippen molar-refractivity contribution in [2.24, 2.45) is 5.92 Å². The molecular weight excluding hydrogens is 310 g/mol. The summed E-state index contributed by atoms with van der Waals surface area (Å²) in [6.07, 6.45) is 11.5. The Hall–Kier alpha value is -1.55. The van der Waals surface area contributed by atoms with Crippen LogP contribution in [0.4, 0.5) is 10.5 Å². The predicted molar refractivity (Wildman–Crippen MR) is 102 cm³/mol. The molecule has 2 fully saturated rings. The molecule has 1 heterocycles. The summed E-state index contributed by atoms with van der Waals surface area (Å²) in [4.78, 5) is 15.0. The number of hydrogen-bond acceptors (Lipinski definition) is 2. The lowest BCUT2D eigenvalue weighted by molar-refractivity contribution is 0.234. The van der Waals surface area contributed by atoms with Crippen molar-refractivity contribution in [1.29, 1.82) is 0 Å². The molecule has 4 nitrogen and oxygen atoms in total. The number of rotatable bonds is 4. The fourth-order valence-electron chi connectivity index (χ4n) is 4.93. The third-order valence-corrected chi connectivity index (χ3v) is 6.35. The van der Waals surface area contributed by atoms with Crippen LogP contribution < -0.4 is 10.6 Å². The van der Waals surface area contributed by atoms with E-state index in [0.29, 0.717) is 5.92 Å². The molecule has 1 aromatic carbocycles. The van der Waals surface area contributed by atoms with E-state index in [1.165, 1.54) is 62.6 Å². The molecule has 0 aromatic heterocycles. The minimum absolute atomic E-state index is 0.0433. The van der Waals surface area contributed by atoms with E-state index in [-0.39, 0.29) is 6.03 Å². The molecule has 136 valence electrons. The van der Waals surface area contributed by atoms with Crippen LogP contribution in [0.1, 0.15) is 56.1 Å². The SMILES string of the molecule is O=C(NCC1CCN(C2CCCC2)C1)Nc1cccc2c1CCCC2. The van der Waals surface area contributed by atoms with Crippen molar-refractivity contribution in [2.75, 3.05) is 25.0 Å². The van der Waals surface area contributed by atoms with Crippen LogP contribution in [0.2, 0.25) is 0 Å². The van der Waals surface area contributed by atoms with Gasteiger partial charge in [-0.2, -0.15) is 0 Å². The Bertz CT molecular complexity index is 609. The number of anilines is 1. The number of nitrogens with one attached hydrogen (secondary N) is 2. The van der Waals surface area contributed by atoms with Gasteiger partial charge in [-0.15, -0.1) is 0 Å². The molecule has 1 saturated heterocycles. The van der Waals surface area contributed by atoms with Crippen LogP contribution in [0.3, 0.4) is 0 Å². The molecule has 1 saturated carbocycles. The van der Waals surface area contributed by atoms with Gasteiger partial charge in [-0.25, -0.2) is 4.79 Å². The van der Waals surface area contributed by atoms with Gasteiger partial charge in [-0.1, -0.05) is 25.0 Å². The number of aryl methyl sites for hydroxylation is 1. The van der Waals surface area contributed by atoms with E-state index in [1.54, 1.807) is 0 Å². The molecule has 1 aliphatic heterocycles. The summed E-state index contributed by atoms with van der Waals surface area (Å²) in [6.45, 7) is 3.17. The molecule has 1 aromatic rings. The Kier molecular flexibility index (Phi) is 5.25. The monoisotopic (exact) mass is 341 g/mol. The van der Waals surface area contributed by atoms with Crippen molar-refractivity contribution in [3.05, 3.63) is 29.3 Å². The molecule has 4 heteroatoms. The van der Waals surface area contributed by atoms with Crippen molar-refractivity contribution in [3.8, 4) is 0 Å². The van der Waals surface area contributed by atoms with Gasteiger partial charge in [0, 0.05) is 24.8 Å². The van der Waals surface area contributed by atoms with E-state index in [4.69, 9.17) is 0 Å². The highest BCUT2D eigenvalue weighted by molar-refractivity contribution is 5.90. The fraction of sp³-hybridized carbons (Fsp3) is 0.667. The average molecular weight is 341 g/mol. The van der Waals surface area contributed by atoms with Crippen LogP contribution in [0.5, 0.6) is 0 Å². The lowest BCUT2D eigenvalue weighted by atomic mass is 9.90. The standard InChI is InChI=1S/C21H31N3O/c25-21(23-20-11-5-7-17-6-1-4-10-19(17)20)22-14-16-12-13-24(15-16)18-8-2-3-9-18/h5,7,11,16,18H,1-4,6,8-10,12-15H2,(H2,22,23,25). The zero-order chi connectivity index (χ0) is 17.1. The summed E-state index contributed by atoms with van der Waals surface area (Å²) in [5, 5.41) is 6.21. The molecule has 2 amide bonds. The second-order valence-corrected chi connectivity index (χ2v) is 8.07. The minimum atomic E-state index is -0.0433. The van der Waals surface area contributed by atoms with Crippen molar-refractivity contribution >= 4 is 11.7 Å². The number of carbonyl (C=O) groups is 1. The quantitative estimate of drug-likeness (QED) is 0.871. The molecule has 0 spiro atoms. The summed E-state index contributed by atoms with van der Waals surface area (Å²) < 4.78 is 0. The maximum Gasteiger partial charge on any atom is 0.319 e. The van der Waals surface area contributed by atoms with E-state index in [2.05, 4.69) is 27.7 Å². The summed E-state index contributed by atoms with van der Waals surface area (Å²) in [5.41, 5.74) is 3.76. The molecule has 3 aliphatic rings. The van der Waals surface area contributed by atoms with Gasteiger partial charge in [0.05, 0.1) is 0 Å². The summed E-state index contributed by atoms with van der Waals surface area (Å²) in [6, 6.07) is 7.08. The Morgan fingerprint density at radius 2 is 1.92 bits per heavy atom. The molecule has 4 rings (SSSR count). The highest BCUT2D eigenvalue weighted by Crippen LogP contribution is 2.29. The Labute approximate surface area is 151 Å². The van der Waals surface area contributed by atoms with Crippen molar-refractivity contribution in [2.45, 2.75) is 63.8 Å². The van der Waals surface area contributed by atoms with E-state index >= 15 is 0 Å². The second-order valence-electron chi connectivity index (χ2n) is 8.07. The lowest BCUT2D eigenvalue weighted by Gasteiger charge is -2.23. The number of benzene rings is 1. The highest BCUT2D eigenvalue weighted by Gasteiger charge is 2.29. The number of carbonyl (C=O) groups excluding carboxylic acids is 1. The fourth-order valence-corrected chi connectivity index (χ4v) is 4.93. The summed E-state index contributed by atoms with van der Waals surface area (Å²) >= 11 is 0. The van der Waals surface area contributed by atoms with E-state index < -0.39 is 0 Å². The molecule has 1 unspecified atom stereocenters. The van der Waals surface area contributed by atoms with E-state index in [9.17, 15) is 4.79 Å². The first-order valence-electron chi connectivity index (χ1n) is 10.2. The second kappa shape index (κ2) is 7.77. The van der Waals surface area contributed by atoms with Gasteiger partial charge in [0.15, 0.2) is 0 Å². The number of amides is 2. The maximum atomic E-state index is 12.4. The normalized spacial score (nSPS) is 24.2. The largest absolute Gasteiger partial charge is 0.338 e. The van der Waals surface area contributed by atoms with Gasteiger partial charge in [0.2, 0.25) is 0 Å². The first-order chi connectivity index (χ1) is 12.3. The minimum Gasteiger partial charge on any atom is -0.338 e. The van der Waals surface area contributed by atoms with Crippen LogP contribution >= 0.6 is 0 Å². The molecule has 0 radical (unpaired) electrons. The Morgan fingerprint density at radius 3 is 2.80 bits per heavy atom. The smallest absolute Gasteiger partial charge is 0.319 e. The zero-order valence-electron chi connectivity index (χ0n) is 15.2. The summed E-state index contributed by atoms with van der Waals surface area (Å²) in [5.74, 6) is 0.607. The van der Waals surface area contributed by atoms with Gasteiger partial charge in [-0.3, -0.25) is 0 Å². The topological polar surface area (TPSA) is 44.4 Å². The van der Waals surface area contributed by atoms with Crippen LogP contribution in [0, 0.1) is 5.92 Å². The van der Waals surface area contributed by atoms with Gasteiger partial charge in [0.1, 0.15) is 0 Å². The highest BCUT2D eigenvalue weighted by atomic mass is 16.2. The number of fused-ring (bicyclic) bond motifs is 1. The van der Waals surface area contributed by atoms with Crippen molar-refractivity contribution in [3.63, 3.8) is 0 Å². The third-order valence-electron chi connectivity index (χ3n) is 6.35. The van der Waals surface area contributed by atoms with Crippen molar-refractivity contribution in [1.82, 2.24) is 10.2 Å². The number of likely N-dealkylation sites (tertiary alicyclic amines) is 1. The van der Waals surface area contributed by atoms with Gasteiger partial charge in [0.25, 0.3) is 0 Å². The maximum absolute atomic E-state index is 12.4. The van der Waals surface area contributed by atoms with Crippen LogP contribution in [-0.4, -0.2) is 36.6 Å². The predicted octanol–water partition coefficient (Wildman–Crippen LogP) is 3.95. The van der Waals surface area contributed by atoms with Gasteiger partial charge < -0.3 is 15.5 Å². The number of nitrogens with zero attached hydrogens (tertiary/aromatic N) is 1. The molecule has 1 atom stereocenters. The first-order valence-corrected chi connectivity index (χ1v) is 10.2. The summed E-state index contributed by atoms with van der Waals surface area (Å²) in [7, 11) is 0. The van der Waals surface area contributed by atoms with E-state index in [0.717, 1.165) is 37.7 Å². The van der Waals surface area contributed by atoms with Crippen molar-refractivity contribution < 1.29 is 4.79 Å². The van der Waals surface area contributed by atoms with E-state index in [1.807, 2.05) is 6.07 Å². The zero-order valence-corrected chi connectivity index (χ0v) is 15.2. The lowest BCUT2D eigenvalue weighted by Crippen LogP contribution is -2.36. The molecule has 0 bridgehead atoms. The molecule has 2 N–H and O–H groups in total. The third kappa shape index (κ3) is 4.00. The molecular formula is C21H31N3O. The van der Waals surface area contributed by atoms with Gasteiger partial charge in [-0.05, 0) is 74.6 Å². The molecule has 2 aliphatic carbocycles. The Morgan fingerprint density at radius 1 is 1.08 bits per heavy atom. The van der Waals surface area contributed by atoms with Crippen LogP contribution in [0.25, 0.3) is 0 Å². The average Bonchev–Trinajstić information content (AvgIpc) is 3.32. The van der Waals surface area contributed by atoms with Gasteiger partial charge >= 0.3 is 6.03 Å². The van der Waals surface area contributed by atoms with Crippen LogP contribution in [-0.2, 0) is 12.8 Å². The Balaban J connectivity index is 1.26. The number of hydrogen-bond donors (Lipinski definition) is 2. The molecule has 25 heavy (non-hydrogen) atoms. The first kappa shape index (κ1) is 16.9. The number of urea groups is 1. The van der Waals surface area contributed by atoms with Crippen LogP contribution in [0.15, 0.2) is 18.2 Å².